The van der Waals surface area contributed by atoms with E-state index in [0.29, 0.717) is 30.3 Å². The summed E-state index contributed by atoms with van der Waals surface area (Å²) in [6.45, 7) is 5.46. The quantitative estimate of drug-likeness (QED) is 0.857. The highest BCUT2D eigenvalue weighted by Gasteiger charge is 2.31. The second kappa shape index (κ2) is 5.16. The maximum atomic E-state index is 11.1. The van der Waals surface area contributed by atoms with E-state index in [4.69, 9.17) is 4.52 Å². The summed E-state index contributed by atoms with van der Waals surface area (Å²) in [6.07, 6.45) is 4.67. The van der Waals surface area contributed by atoms with Crippen molar-refractivity contribution in [2.45, 2.75) is 51.5 Å². The van der Waals surface area contributed by atoms with Crippen molar-refractivity contribution in [1.82, 2.24) is 20.8 Å². The summed E-state index contributed by atoms with van der Waals surface area (Å²) in [4.78, 5) is 15.7. The molecular formula is C14H22N4O2. The zero-order valence-corrected chi connectivity index (χ0v) is 12.1. The number of amides is 1. The Kier molecular flexibility index (Phi) is 3.50. The van der Waals surface area contributed by atoms with Gasteiger partial charge in [-0.05, 0) is 31.1 Å². The normalized spacial score (nSPS) is 27.3. The van der Waals surface area contributed by atoms with Crippen LogP contribution in [-0.4, -0.2) is 29.1 Å². The number of nitrogens with zero attached hydrogens (tertiary/aromatic N) is 2. The number of nitrogens with one attached hydrogen (secondary N) is 2. The van der Waals surface area contributed by atoms with Gasteiger partial charge in [0.2, 0.25) is 11.8 Å². The maximum Gasteiger partial charge on any atom is 0.245 e. The number of piperazine rings is 1. The van der Waals surface area contributed by atoms with E-state index in [1.807, 2.05) is 0 Å². The summed E-state index contributed by atoms with van der Waals surface area (Å²) >= 11 is 0. The van der Waals surface area contributed by atoms with Crippen molar-refractivity contribution in [3.8, 4) is 0 Å². The molecule has 1 amide bonds. The van der Waals surface area contributed by atoms with Crippen LogP contribution in [0.1, 0.15) is 63.2 Å². The van der Waals surface area contributed by atoms with Gasteiger partial charge in [0, 0.05) is 12.5 Å². The number of hydrogen-bond donors (Lipinski definition) is 2. The SMILES string of the molecule is CC1(C)CCC(c2noc(C3CNC(=O)CN3)n2)CC1. The second-order valence-electron chi connectivity index (χ2n) is 6.67. The van der Waals surface area contributed by atoms with Crippen LogP contribution >= 0.6 is 0 Å². The molecule has 1 aromatic rings. The fourth-order valence-electron chi connectivity index (χ4n) is 2.95. The third-order valence-corrected chi connectivity index (χ3v) is 4.47. The first-order valence-electron chi connectivity index (χ1n) is 7.37. The molecule has 1 saturated heterocycles. The molecule has 110 valence electrons. The van der Waals surface area contributed by atoms with Gasteiger partial charge >= 0.3 is 0 Å². The zero-order valence-electron chi connectivity index (χ0n) is 12.1. The predicted octanol–water partition coefficient (Wildman–Crippen LogP) is 1.51. The van der Waals surface area contributed by atoms with Gasteiger partial charge in [0.05, 0.1) is 6.54 Å². The monoisotopic (exact) mass is 278 g/mol. The van der Waals surface area contributed by atoms with E-state index in [9.17, 15) is 4.79 Å². The Hall–Kier alpha value is -1.43. The fourth-order valence-corrected chi connectivity index (χ4v) is 2.95. The Morgan fingerprint density at radius 1 is 1.30 bits per heavy atom. The van der Waals surface area contributed by atoms with Gasteiger partial charge in [0.25, 0.3) is 0 Å². The first kappa shape index (κ1) is 13.5. The van der Waals surface area contributed by atoms with Gasteiger partial charge in [-0.1, -0.05) is 19.0 Å². The highest BCUT2D eigenvalue weighted by molar-refractivity contribution is 5.78. The molecule has 1 aromatic heterocycles. The van der Waals surface area contributed by atoms with Crippen molar-refractivity contribution in [3.05, 3.63) is 11.7 Å². The lowest BCUT2D eigenvalue weighted by atomic mass is 9.73. The Labute approximate surface area is 118 Å². The van der Waals surface area contributed by atoms with Crippen LogP contribution in [-0.2, 0) is 4.79 Å². The minimum Gasteiger partial charge on any atom is -0.353 e. The van der Waals surface area contributed by atoms with Crippen LogP contribution in [0, 0.1) is 5.41 Å². The van der Waals surface area contributed by atoms with E-state index in [-0.39, 0.29) is 11.9 Å². The molecule has 0 aromatic carbocycles. The third-order valence-electron chi connectivity index (χ3n) is 4.47. The van der Waals surface area contributed by atoms with Gasteiger partial charge in [0.1, 0.15) is 6.04 Å². The summed E-state index contributed by atoms with van der Waals surface area (Å²) < 4.78 is 5.37. The molecule has 20 heavy (non-hydrogen) atoms. The first-order valence-corrected chi connectivity index (χ1v) is 7.37. The predicted molar refractivity (Wildman–Crippen MR) is 73.0 cm³/mol. The lowest BCUT2D eigenvalue weighted by molar-refractivity contribution is -0.121. The number of carbonyl (C=O) groups excluding carboxylic acids is 1. The summed E-state index contributed by atoms with van der Waals surface area (Å²) in [6, 6.07) is -0.0611. The first-order chi connectivity index (χ1) is 9.53. The smallest absolute Gasteiger partial charge is 0.245 e. The molecule has 2 fully saturated rings. The van der Waals surface area contributed by atoms with Crippen molar-refractivity contribution >= 4 is 5.91 Å². The van der Waals surface area contributed by atoms with Gasteiger partial charge in [-0.3, -0.25) is 10.1 Å². The van der Waals surface area contributed by atoms with Crippen molar-refractivity contribution in [2.75, 3.05) is 13.1 Å². The van der Waals surface area contributed by atoms with Crippen LogP contribution in [0.2, 0.25) is 0 Å². The van der Waals surface area contributed by atoms with E-state index in [1.54, 1.807) is 0 Å². The molecule has 1 atom stereocenters. The van der Waals surface area contributed by atoms with Crippen LogP contribution in [0.25, 0.3) is 0 Å². The summed E-state index contributed by atoms with van der Waals surface area (Å²) in [5.41, 5.74) is 0.443. The van der Waals surface area contributed by atoms with E-state index < -0.39 is 0 Å². The summed E-state index contributed by atoms with van der Waals surface area (Å²) in [7, 11) is 0. The van der Waals surface area contributed by atoms with Gasteiger partial charge in [-0.2, -0.15) is 4.98 Å². The van der Waals surface area contributed by atoms with E-state index in [2.05, 4.69) is 34.6 Å². The lowest BCUT2D eigenvalue weighted by Gasteiger charge is -2.32. The average molecular weight is 278 g/mol. The Bertz CT molecular complexity index is 477. The van der Waals surface area contributed by atoms with E-state index >= 15 is 0 Å². The number of aromatic nitrogens is 2. The molecule has 1 saturated carbocycles. The summed E-state index contributed by atoms with van der Waals surface area (Å²) in [5, 5.41) is 10.1. The van der Waals surface area contributed by atoms with Crippen molar-refractivity contribution in [1.29, 1.82) is 0 Å². The Morgan fingerprint density at radius 2 is 2.05 bits per heavy atom. The Balaban J connectivity index is 1.64. The van der Waals surface area contributed by atoms with Gasteiger partial charge in [-0.15, -0.1) is 0 Å². The zero-order chi connectivity index (χ0) is 14.2. The fraction of sp³-hybridized carbons (Fsp3) is 0.786. The molecule has 2 aliphatic rings. The second-order valence-corrected chi connectivity index (χ2v) is 6.67. The van der Waals surface area contributed by atoms with Gasteiger partial charge in [-0.25, -0.2) is 0 Å². The van der Waals surface area contributed by atoms with Crippen molar-refractivity contribution in [2.24, 2.45) is 5.41 Å². The molecule has 1 aliphatic heterocycles. The van der Waals surface area contributed by atoms with Crippen LogP contribution in [0.5, 0.6) is 0 Å². The standard InChI is InChI=1S/C14H22N4O2/c1-14(2)5-3-9(4-6-14)12-17-13(20-18-12)10-7-16-11(19)8-15-10/h9-10,15H,3-8H2,1-2H3,(H,16,19). The highest BCUT2D eigenvalue weighted by atomic mass is 16.5. The molecule has 0 radical (unpaired) electrons. The van der Waals surface area contributed by atoms with Crippen LogP contribution in [0.15, 0.2) is 4.52 Å². The molecule has 6 nitrogen and oxygen atoms in total. The largest absolute Gasteiger partial charge is 0.353 e. The Morgan fingerprint density at radius 3 is 2.70 bits per heavy atom. The van der Waals surface area contributed by atoms with Crippen LogP contribution < -0.4 is 10.6 Å². The molecule has 6 heteroatoms. The average Bonchev–Trinajstić information content (AvgIpc) is 2.89. The number of rotatable bonds is 2. The molecule has 2 N–H and O–H groups in total. The molecule has 3 rings (SSSR count). The van der Waals surface area contributed by atoms with E-state index in [1.165, 1.54) is 12.8 Å². The minimum absolute atomic E-state index is 0.00972. The third kappa shape index (κ3) is 2.85. The molecule has 0 bridgehead atoms. The van der Waals surface area contributed by atoms with E-state index in [0.717, 1.165) is 18.7 Å². The minimum atomic E-state index is -0.0611. The van der Waals surface area contributed by atoms with Crippen LogP contribution in [0.3, 0.4) is 0 Å². The molecular weight excluding hydrogens is 256 g/mol. The highest BCUT2D eigenvalue weighted by Crippen LogP contribution is 2.41. The lowest BCUT2D eigenvalue weighted by Crippen LogP contribution is -2.47. The van der Waals surface area contributed by atoms with Crippen LogP contribution in [0.4, 0.5) is 0 Å². The molecule has 2 heterocycles. The maximum absolute atomic E-state index is 11.1. The van der Waals surface area contributed by atoms with Gasteiger partial charge < -0.3 is 9.84 Å². The molecule has 1 unspecified atom stereocenters. The number of hydrogen-bond acceptors (Lipinski definition) is 5. The molecule has 1 aliphatic carbocycles. The van der Waals surface area contributed by atoms with Crippen molar-refractivity contribution < 1.29 is 9.32 Å². The topological polar surface area (TPSA) is 80.0 Å². The van der Waals surface area contributed by atoms with Crippen molar-refractivity contribution in [3.63, 3.8) is 0 Å². The number of carbonyl (C=O) groups is 1. The molecule has 0 spiro atoms. The summed E-state index contributed by atoms with van der Waals surface area (Å²) in [5.74, 6) is 1.84. The van der Waals surface area contributed by atoms with Gasteiger partial charge in [0.15, 0.2) is 5.82 Å².